The molecule has 2 rings (SSSR count). The minimum atomic E-state index is -0.483. The van der Waals surface area contributed by atoms with E-state index in [1.165, 1.54) is 12.1 Å². The maximum absolute atomic E-state index is 12.1. The van der Waals surface area contributed by atoms with E-state index in [0.29, 0.717) is 21.3 Å². The molecule has 0 amide bonds. The van der Waals surface area contributed by atoms with Gasteiger partial charge in [-0.2, -0.15) is 10.4 Å². The summed E-state index contributed by atoms with van der Waals surface area (Å²) in [7, 11) is 0. The van der Waals surface area contributed by atoms with Crippen molar-refractivity contribution in [2.45, 2.75) is 0 Å². The van der Waals surface area contributed by atoms with Gasteiger partial charge in [0, 0.05) is 15.6 Å². The lowest BCUT2D eigenvalue weighted by molar-refractivity contribution is 0.106. The molecule has 0 aliphatic rings. The van der Waals surface area contributed by atoms with Gasteiger partial charge in [-0.05, 0) is 42.5 Å². The Morgan fingerprint density at radius 3 is 2.43 bits per heavy atom. The van der Waals surface area contributed by atoms with Gasteiger partial charge in [-0.1, -0.05) is 29.3 Å². The minimum absolute atomic E-state index is 0.253. The van der Waals surface area contributed by atoms with Crippen LogP contribution in [0.15, 0.2) is 53.6 Å². The van der Waals surface area contributed by atoms with E-state index in [9.17, 15) is 4.79 Å². The van der Waals surface area contributed by atoms with E-state index < -0.39 is 5.78 Å². The highest BCUT2D eigenvalue weighted by Crippen LogP contribution is 2.15. The Morgan fingerprint density at radius 1 is 1.10 bits per heavy atom. The lowest BCUT2D eigenvalue weighted by atomic mass is 10.1. The lowest BCUT2D eigenvalue weighted by Crippen LogP contribution is -2.14. The van der Waals surface area contributed by atoms with E-state index in [0.717, 1.165) is 0 Å². The first-order valence-corrected chi connectivity index (χ1v) is 6.65. The van der Waals surface area contributed by atoms with Crippen molar-refractivity contribution in [1.82, 2.24) is 0 Å². The molecule has 0 fully saturated rings. The number of carbonyl (C=O) groups excluding carboxylic acids is 1. The summed E-state index contributed by atoms with van der Waals surface area (Å²) in [6.07, 6.45) is 0. The largest absolute Gasteiger partial charge is 0.286 e. The van der Waals surface area contributed by atoms with E-state index in [4.69, 9.17) is 28.5 Å². The average molecular weight is 318 g/mol. The number of Topliss-reactive ketones (excluding diaryl/α,β-unsaturated/α-hetero) is 1. The van der Waals surface area contributed by atoms with E-state index >= 15 is 0 Å². The van der Waals surface area contributed by atoms with Crippen molar-refractivity contribution in [1.29, 1.82) is 5.26 Å². The van der Waals surface area contributed by atoms with Crippen LogP contribution >= 0.6 is 23.2 Å². The molecular weight excluding hydrogens is 309 g/mol. The van der Waals surface area contributed by atoms with Gasteiger partial charge < -0.3 is 0 Å². The predicted octanol–water partition coefficient (Wildman–Crippen LogP) is 4.17. The maximum atomic E-state index is 12.1. The van der Waals surface area contributed by atoms with Gasteiger partial charge >= 0.3 is 0 Å². The van der Waals surface area contributed by atoms with Crippen LogP contribution in [0.2, 0.25) is 10.0 Å². The number of hydrazone groups is 1. The summed E-state index contributed by atoms with van der Waals surface area (Å²) in [6.45, 7) is 0. The topological polar surface area (TPSA) is 65.2 Å². The highest BCUT2D eigenvalue weighted by molar-refractivity contribution is 6.51. The SMILES string of the molecule is N#C/C(=N\Nc1cccc(Cl)c1)C(=O)c1ccc(Cl)cc1. The van der Waals surface area contributed by atoms with E-state index in [1.54, 1.807) is 42.5 Å². The third-order valence-corrected chi connectivity index (χ3v) is 3.04. The highest BCUT2D eigenvalue weighted by atomic mass is 35.5. The highest BCUT2D eigenvalue weighted by Gasteiger charge is 2.13. The molecule has 104 valence electrons. The van der Waals surface area contributed by atoms with Crippen molar-refractivity contribution in [3.05, 3.63) is 64.1 Å². The quantitative estimate of drug-likeness (QED) is 0.523. The Balaban J connectivity index is 2.19. The molecule has 6 heteroatoms. The van der Waals surface area contributed by atoms with Gasteiger partial charge in [-0.3, -0.25) is 10.2 Å². The lowest BCUT2D eigenvalue weighted by Gasteiger charge is -2.02. The monoisotopic (exact) mass is 317 g/mol. The number of hydrogen-bond donors (Lipinski definition) is 1. The molecule has 0 aliphatic carbocycles. The van der Waals surface area contributed by atoms with Crippen molar-refractivity contribution in [2.24, 2.45) is 5.10 Å². The first kappa shape index (κ1) is 15.0. The van der Waals surface area contributed by atoms with E-state index in [1.807, 2.05) is 0 Å². The zero-order valence-electron chi connectivity index (χ0n) is 10.7. The van der Waals surface area contributed by atoms with E-state index in [2.05, 4.69) is 10.5 Å². The van der Waals surface area contributed by atoms with Crippen LogP contribution in [0.25, 0.3) is 0 Å². The Hall–Kier alpha value is -2.35. The third-order valence-electron chi connectivity index (χ3n) is 2.55. The van der Waals surface area contributed by atoms with Crippen LogP contribution in [0.3, 0.4) is 0 Å². The van der Waals surface area contributed by atoms with Crippen LogP contribution in [0.4, 0.5) is 5.69 Å². The molecule has 0 atom stereocenters. The van der Waals surface area contributed by atoms with Crippen LogP contribution in [0.5, 0.6) is 0 Å². The molecule has 0 saturated heterocycles. The van der Waals surface area contributed by atoms with Gasteiger partial charge in [0.05, 0.1) is 5.69 Å². The number of halogens is 2. The first-order valence-electron chi connectivity index (χ1n) is 5.90. The van der Waals surface area contributed by atoms with Crippen LogP contribution < -0.4 is 5.43 Å². The molecule has 0 bridgehead atoms. The molecule has 2 aromatic carbocycles. The summed E-state index contributed by atoms with van der Waals surface area (Å²) in [5, 5.41) is 13.9. The minimum Gasteiger partial charge on any atom is -0.286 e. The number of anilines is 1. The predicted molar refractivity (Wildman–Crippen MR) is 83.9 cm³/mol. The zero-order valence-corrected chi connectivity index (χ0v) is 12.2. The Bertz CT molecular complexity index is 733. The summed E-state index contributed by atoms with van der Waals surface area (Å²) in [6, 6.07) is 14.8. The number of nitriles is 1. The molecule has 0 aromatic heterocycles. The van der Waals surface area contributed by atoms with Crippen molar-refractivity contribution in [3.8, 4) is 6.07 Å². The van der Waals surface area contributed by atoms with Crippen molar-refractivity contribution < 1.29 is 4.79 Å². The molecule has 0 radical (unpaired) electrons. The second-order valence-electron chi connectivity index (χ2n) is 4.03. The van der Waals surface area contributed by atoms with E-state index in [-0.39, 0.29) is 5.71 Å². The second-order valence-corrected chi connectivity index (χ2v) is 4.90. The normalized spacial score (nSPS) is 10.8. The second kappa shape index (κ2) is 6.89. The van der Waals surface area contributed by atoms with Crippen molar-refractivity contribution in [2.75, 3.05) is 5.43 Å². The molecule has 0 unspecified atom stereocenters. The van der Waals surface area contributed by atoms with Crippen molar-refractivity contribution in [3.63, 3.8) is 0 Å². The fraction of sp³-hybridized carbons (Fsp3) is 0. The van der Waals surface area contributed by atoms with Crippen molar-refractivity contribution >= 4 is 40.4 Å². The van der Waals surface area contributed by atoms with Gasteiger partial charge in [0.2, 0.25) is 11.5 Å². The molecule has 4 nitrogen and oxygen atoms in total. The smallest absolute Gasteiger partial charge is 0.223 e. The summed E-state index contributed by atoms with van der Waals surface area (Å²) < 4.78 is 0. The number of hydrogen-bond acceptors (Lipinski definition) is 4. The Kier molecular flexibility index (Phi) is 4.94. The zero-order chi connectivity index (χ0) is 15.2. The number of benzene rings is 2. The summed E-state index contributed by atoms with van der Waals surface area (Å²) >= 11 is 11.6. The van der Waals surface area contributed by atoms with Gasteiger partial charge in [0.1, 0.15) is 6.07 Å². The van der Waals surface area contributed by atoms with Gasteiger partial charge in [-0.15, -0.1) is 0 Å². The molecule has 2 aromatic rings. The summed E-state index contributed by atoms with van der Waals surface area (Å²) in [4.78, 5) is 12.1. The van der Waals surface area contributed by atoms with Crippen LogP contribution in [-0.4, -0.2) is 11.5 Å². The molecule has 0 spiro atoms. The number of rotatable bonds is 4. The number of ketones is 1. The fourth-order valence-corrected chi connectivity index (χ4v) is 1.86. The van der Waals surface area contributed by atoms with Crippen LogP contribution in [0, 0.1) is 11.3 Å². The molecule has 0 heterocycles. The summed E-state index contributed by atoms with van der Waals surface area (Å²) in [5.41, 5.74) is 3.30. The Labute approximate surface area is 131 Å². The Morgan fingerprint density at radius 2 is 1.81 bits per heavy atom. The first-order chi connectivity index (χ1) is 10.1. The number of nitrogens with zero attached hydrogens (tertiary/aromatic N) is 2. The third kappa shape index (κ3) is 4.06. The molecule has 21 heavy (non-hydrogen) atoms. The standard InChI is InChI=1S/C15H9Cl2N3O/c16-11-6-4-10(5-7-11)15(21)14(9-18)20-19-13-3-1-2-12(17)8-13/h1-8,19H/b20-14+. The molecule has 0 aliphatic heterocycles. The van der Waals surface area contributed by atoms with Crippen LogP contribution in [-0.2, 0) is 0 Å². The van der Waals surface area contributed by atoms with Gasteiger partial charge in [-0.25, -0.2) is 0 Å². The van der Waals surface area contributed by atoms with Gasteiger partial charge in [0.15, 0.2) is 0 Å². The number of carbonyl (C=O) groups is 1. The fourth-order valence-electron chi connectivity index (χ4n) is 1.54. The summed E-state index contributed by atoms with van der Waals surface area (Å²) in [5.74, 6) is -0.483. The maximum Gasteiger partial charge on any atom is 0.223 e. The van der Waals surface area contributed by atoms with Gasteiger partial charge in [0.25, 0.3) is 0 Å². The average Bonchev–Trinajstić information content (AvgIpc) is 2.48. The van der Waals surface area contributed by atoms with Crippen LogP contribution in [0.1, 0.15) is 10.4 Å². The molecule has 0 saturated carbocycles. The molecular formula is C15H9Cl2N3O. The molecule has 1 N–H and O–H groups in total. The number of nitrogens with one attached hydrogen (secondary N) is 1.